The second-order valence-electron chi connectivity index (χ2n) is 4.99. The molecule has 0 spiro atoms. The molecule has 1 amide bonds. The Morgan fingerprint density at radius 3 is 2.74 bits per heavy atom. The molecule has 4 heteroatoms. The maximum absolute atomic E-state index is 12.1. The molecule has 1 atom stereocenters. The summed E-state index contributed by atoms with van der Waals surface area (Å²) in [5.74, 6) is 0.168. The van der Waals surface area contributed by atoms with Gasteiger partial charge < -0.3 is 5.32 Å². The van der Waals surface area contributed by atoms with E-state index in [1.807, 2.05) is 18.2 Å². The van der Waals surface area contributed by atoms with E-state index in [9.17, 15) is 10.1 Å². The molecule has 3 nitrogen and oxygen atoms in total. The Morgan fingerprint density at radius 1 is 1.37 bits per heavy atom. The first-order valence-electron chi connectivity index (χ1n) is 6.67. The first-order chi connectivity index (χ1) is 9.20. The van der Waals surface area contributed by atoms with Crippen LogP contribution in [0.2, 0.25) is 0 Å². The van der Waals surface area contributed by atoms with Gasteiger partial charge in [0.1, 0.15) is 6.04 Å². The minimum absolute atomic E-state index is 0.143. The lowest BCUT2D eigenvalue weighted by molar-refractivity contribution is 0.0929. The summed E-state index contributed by atoms with van der Waals surface area (Å²) in [5, 5.41) is 12.1. The van der Waals surface area contributed by atoms with E-state index in [0.29, 0.717) is 11.5 Å². The van der Waals surface area contributed by atoms with Crippen LogP contribution >= 0.6 is 22.6 Å². The molecule has 1 unspecified atom stereocenters. The van der Waals surface area contributed by atoms with Gasteiger partial charge in [-0.2, -0.15) is 5.26 Å². The van der Waals surface area contributed by atoms with Crippen LogP contribution in [0.4, 0.5) is 0 Å². The molecule has 0 saturated heterocycles. The summed E-state index contributed by atoms with van der Waals surface area (Å²) >= 11 is 2.18. The Bertz CT molecular complexity index is 489. The molecule has 0 radical (unpaired) electrons. The van der Waals surface area contributed by atoms with Gasteiger partial charge in [-0.3, -0.25) is 4.79 Å². The van der Waals surface area contributed by atoms with Crippen molar-refractivity contribution in [3.63, 3.8) is 0 Å². The molecule has 19 heavy (non-hydrogen) atoms. The predicted molar refractivity (Wildman–Crippen MR) is 82.6 cm³/mol. The molecule has 1 aromatic rings. The average molecular weight is 368 g/mol. The quantitative estimate of drug-likeness (QED) is 0.831. The molecular formula is C15H17IN2O. The smallest absolute Gasteiger partial charge is 0.252 e. The normalized spacial score (nSPS) is 17.5. The first-order valence-corrected chi connectivity index (χ1v) is 7.74. The van der Waals surface area contributed by atoms with Crippen molar-refractivity contribution in [2.45, 2.75) is 38.1 Å². The lowest BCUT2D eigenvalue weighted by Gasteiger charge is -2.26. The highest BCUT2D eigenvalue weighted by molar-refractivity contribution is 14.1. The monoisotopic (exact) mass is 368 g/mol. The Hall–Kier alpha value is -1.09. The summed E-state index contributed by atoms with van der Waals surface area (Å²) in [6, 6.07) is 9.32. The zero-order valence-corrected chi connectivity index (χ0v) is 12.9. The third kappa shape index (κ3) is 3.93. The number of nitrogens with one attached hydrogen (secondary N) is 1. The highest BCUT2D eigenvalue weighted by atomic mass is 127. The third-order valence-corrected chi connectivity index (χ3v) is 4.30. The van der Waals surface area contributed by atoms with Gasteiger partial charge in [0.2, 0.25) is 0 Å². The van der Waals surface area contributed by atoms with Crippen molar-refractivity contribution < 1.29 is 4.79 Å². The summed E-state index contributed by atoms with van der Waals surface area (Å²) < 4.78 is 1.02. The molecule has 1 N–H and O–H groups in total. The fourth-order valence-electron chi connectivity index (χ4n) is 2.58. The summed E-state index contributed by atoms with van der Waals surface area (Å²) in [6.45, 7) is 0. The summed E-state index contributed by atoms with van der Waals surface area (Å²) in [5.41, 5.74) is 0.628. The molecule has 1 fully saturated rings. The molecule has 1 saturated carbocycles. The second-order valence-corrected chi connectivity index (χ2v) is 6.23. The van der Waals surface area contributed by atoms with E-state index >= 15 is 0 Å². The maximum atomic E-state index is 12.1. The Kier molecular flexibility index (Phi) is 5.20. The SMILES string of the molecule is N#CC(NC(=O)c1cccc(I)c1)C1CCCCC1. The molecule has 0 bridgehead atoms. The van der Waals surface area contributed by atoms with Crippen LogP contribution in [0.1, 0.15) is 42.5 Å². The maximum Gasteiger partial charge on any atom is 0.252 e. The van der Waals surface area contributed by atoms with Gasteiger partial charge in [0.15, 0.2) is 0 Å². The molecule has 2 rings (SSSR count). The predicted octanol–water partition coefficient (Wildman–Crippen LogP) is 3.49. The van der Waals surface area contributed by atoms with Crippen LogP contribution in [0, 0.1) is 20.8 Å². The number of amides is 1. The first kappa shape index (κ1) is 14.3. The zero-order chi connectivity index (χ0) is 13.7. The number of rotatable bonds is 3. The van der Waals surface area contributed by atoms with Gasteiger partial charge in [0, 0.05) is 9.13 Å². The summed E-state index contributed by atoms with van der Waals surface area (Å²) in [6.07, 6.45) is 5.68. The molecule has 1 aliphatic carbocycles. The van der Waals surface area contributed by atoms with Crippen LogP contribution < -0.4 is 5.32 Å². The van der Waals surface area contributed by atoms with E-state index in [1.165, 1.54) is 19.3 Å². The van der Waals surface area contributed by atoms with Crippen LogP contribution in [0.15, 0.2) is 24.3 Å². The average Bonchev–Trinajstić information content (AvgIpc) is 2.45. The van der Waals surface area contributed by atoms with E-state index in [4.69, 9.17) is 0 Å². The van der Waals surface area contributed by atoms with Crippen molar-refractivity contribution >= 4 is 28.5 Å². The van der Waals surface area contributed by atoms with E-state index in [2.05, 4.69) is 34.0 Å². The fraction of sp³-hybridized carbons (Fsp3) is 0.467. The van der Waals surface area contributed by atoms with Gasteiger partial charge in [-0.1, -0.05) is 25.3 Å². The van der Waals surface area contributed by atoms with Crippen molar-refractivity contribution in [3.05, 3.63) is 33.4 Å². The molecule has 100 valence electrons. The minimum Gasteiger partial charge on any atom is -0.336 e. The molecule has 1 aromatic carbocycles. The topological polar surface area (TPSA) is 52.9 Å². The van der Waals surface area contributed by atoms with Gasteiger partial charge >= 0.3 is 0 Å². The van der Waals surface area contributed by atoms with Gasteiger partial charge in [0.05, 0.1) is 6.07 Å². The van der Waals surface area contributed by atoms with Crippen LogP contribution in [0.3, 0.4) is 0 Å². The van der Waals surface area contributed by atoms with E-state index in [-0.39, 0.29) is 11.9 Å². The van der Waals surface area contributed by atoms with Gasteiger partial charge in [-0.25, -0.2) is 0 Å². The second kappa shape index (κ2) is 6.90. The van der Waals surface area contributed by atoms with Crippen molar-refractivity contribution in [3.8, 4) is 6.07 Å². The van der Waals surface area contributed by atoms with Crippen molar-refractivity contribution in [1.82, 2.24) is 5.32 Å². The standard InChI is InChI=1S/C15H17IN2O/c16-13-8-4-7-12(9-13)15(19)18-14(10-17)11-5-2-1-3-6-11/h4,7-9,11,14H,1-3,5-6H2,(H,18,19). The van der Waals surface area contributed by atoms with Gasteiger partial charge in [-0.15, -0.1) is 0 Å². The van der Waals surface area contributed by atoms with Crippen molar-refractivity contribution in [1.29, 1.82) is 5.26 Å². The highest BCUT2D eigenvalue weighted by Crippen LogP contribution is 2.26. The van der Waals surface area contributed by atoms with Gasteiger partial charge in [-0.05, 0) is 59.5 Å². The molecule has 0 aromatic heterocycles. The van der Waals surface area contributed by atoms with Crippen molar-refractivity contribution in [2.75, 3.05) is 0 Å². The number of hydrogen-bond acceptors (Lipinski definition) is 2. The molecule has 1 aliphatic rings. The number of nitriles is 1. The van der Waals surface area contributed by atoms with Gasteiger partial charge in [0.25, 0.3) is 5.91 Å². The Labute approximate surface area is 127 Å². The van der Waals surface area contributed by atoms with Crippen LogP contribution in [0.25, 0.3) is 0 Å². The molecule has 0 heterocycles. The summed E-state index contributed by atoms with van der Waals surface area (Å²) in [7, 11) is 0. The molecular weight excluding hydrogens is 351 g/mol. The number of nitrogens with zero attached hydrogens (tertiary/aromatic N) is 1. The fourth-order valence-corrected chi connectivity index (χ4v) is 3.12. The number of carbonyl (C=O) groups excluding carboxylic acids is 1. The lowest BCUT2D eigenvalue weighted by Crippen LogP contribution is -2.40. The van der Waals surface area contributed by atoms with Crippen molar-refractivity contribution in [2.24, 2.45) is 5.92 Å². The number of benzene rings is 1. The third-order valence-electron chi connectivity index (χ3n) is 3.63. The number of hydrogen-bond donors (Lipinski definition) is 1. The molecule has 0 aliphatic heterocycles. The van der Waals surface area contributed by atoms with Crippen LogP contribution in [-0.2, 0) is 0 Å². The van der Waals surface area contributed by atoms with E-state index in [1.54, 1.807) is 6.07 Å². The largest absolute Gasteiger partial charge is 0.336 e. The van der Waals surface area contributed by atoms with E-state index < -0.39 is 0 Å². The highest BCUT2D eigenvalue weighted by Gasteiger charge is 2.25. The number of carbonyl (C=O) groups is 1. The Morgan fingerprint density at radius 2 is 2.11 bits per heavy atom. The van der Waals surface area contributed by atoms with Crippen LogP contribution in [-0.4, -0.2) is 11.9 Å². The Balaban J connectivity index is 2.02. The lowest BCUT2D eigenvalue weighted by atomic mass is 9.84. The van der Waals surface area contributed by atoms with Crippen LogP contribution in [0.5, 0.6) is 0 Å². The summed E-state index contributed by atoms with van der Waals surface area (Å²) in [4.78, 5) is 12.1. The minimum atomic E-state index is -0.356. The number of halogens is 1. The van der Waals surface area contributed by atoms with E-state index in [0.717, 1.165) is 16.4 Å². The zero-order valence-electron chi connectivity index (χ0n) is 10.7.